The van der Waals surface area contributed by atoms with Gasteiger partial charge < -0.3 is 5.32 Å². The molecule has 92 valence electrons. The SMILES string of the molecule is O=S1CCN(C2CCC2CNC2CC2)CC1. The lowest BCUT2D eigenvalue weighted by molar-refractivity contribution is 0.0694. The lowest BCUT2D eigenvalue weighted by Gasteiger charge is -2.46. The van der Waals surface area contributed by atoms with E-state index in [9.17, 15) is 4.21 Å². The molecule has 0 aromatic rings. The normalized spacial score (nSPS) is 37.2. The second kappa shape index (κ2) is 4.75. The summed E-state index contributed by atoms with van der Waals surface area (Å²) in [6.45, 7) is 3.35. The molecule has 2 aliphatic carbocycles. The molecule has 2 unspecified atom stereocenters. The highest BCUT2D eigenvalue weighted by Gasteiger charge is 2.37. The molecule has 0 spiro atoms. The minimum absolute atomic E-state index is 0.525. The third-order valence-electron chi connectivity index (χ3n) is 4.30. The molecule has 2 saturated carbocycles. The largest absolute Gasteiger partial charge is 0.314 e. The molecule has 16 heavy (non-hydrogen) atoms. The molecule has 3 nitrogen and oxygen atoms in total. The van der Waals surface area contributed by atoms with Crippen molar-refractivity contribution in [1.82, 2.24) is 10.2 Å². The summed E-state index contributed by atoms with van der Waals surface area (Å²) in [6, 6.07) is 1.64. The van der Waals surface area contributed by atoms with Crippen molar-refractivity contribution in [1.29, 1.82) is 0 Å². The summed E-state index contributed by atoms with van der Waals surface area (Å²) in [4.78, 5) is 2.59. The summed E-state index contributed by atoms with van der Waals surface area (Å²) in [7, 11) is -0.525. The second-order valence-corrected chi connectivity index (χ2v) is 7.17. The zero-order valence-electron chi connectivity index (χ0n) is 9.86. The third kappa shape index (κ3) is 2.49. The predicted molar refractivity (Wildman–Crippen MR) is 67.0 cm³/mol. The average molecular weight is 242 g/mol. The van der Waals surface area contributed by atoms with Crippen LogP contribution in [0, 0.1) is 5.92 Å². The van der Waals surface area contributed by atoms with E-state index in [1.54, 1.807) is 0 Å². The Hall–Kier alpha value is 0.0700. The van der Waals surface area contributed by atoms with Crippen molar-refractivity contribution < 1.29 is 4.21 Å². The van der Waals surface area contributed by atoms with Gasteiger partial charge in [0.15, 0.2) is 0 Å². The standard InChI is InChI=1S/C12H22N2OS/c15-16-7-5-14(6-8-16)12-4-1-10(12)9-13-11-2-3-11/h10-13H,1-9H2. The van der Waals surface area contributed by atoms with Gasteiger partial charge in [-0.25, -0.2) is 0 Å². The molecular formula is C12H22N2OS. The fourth-order valence-electron chi connectivity index (χ4n) is 2.86. The van der Waals surface area contributed by atoms with Crippen LogP contribution in [0.3, 0.4) is 0 Å². The molecule has 0 amide bonds. The maximum Gasteiger partial charge on any atom is 0.0363 e. The Balaban J connectivity index is 1.44. The van der Waals surface area contributed by atoms with E-state index >= 15 is 0 Å². The van der Waals surface area contributed by atoms with Crippen LogP contribution < -0.4 is 5.32 Å². The van der Waals surface area contributed by atoms with E-state index in [0.29, 0.717) is 0 Å². The van der Waals surface area contributed by atoms with Gasteiger partial charge in [0, 0.05) is 47.5 Å². The summed E-state index contributed by atoms with van der Waals surface area (Å²) in [6.07, 6.45) is 5.54. The highest BCUT2D eigenvalue weighted by Crippen LogP contribution is 2.33. The van der Waals surface area contributed by atoms with Crippen molar-refractivity contribution >= 4 is 10.8 Å². The molecule has 1 N–H and O–H groups in total. The van der Waals surface area contributed by atoms with Gasteiger partial charge in [0.05, 0.1) is 0 Å². The Kier molecular flexibility index (Phi) is 3.32. The smallest absolute Gasteiger partial charge is 0.0363 e. The zero-order valence-corrected chi connectivity index (χ0v) is 10.7. The first-order valence-electron chi connectivity index (χ1n) is 6.65. The lowest BCUT2D eigenvalue weighted by Crippen LogP contribution is -2.54. The Labute approximate surface area is 100 Å². The Morgan fingerprint density at radius 3 is 2.44 bits per heavy atom. The van der Waals surface area contributed by atoms with Crippen LogP contribution in [-0.4, -0.2) is 52.3 Å². The van der Waals surface area contributed by atoms with Crippen molar-refractivity contribution in [2.45, 2.75) is 37.8 Å². The monoisotopic (exact) mass is 242 g/mol. The number of nitrogens with one attached hydrogen (secondary N) is 1. The van der Waals surface area contributed by atoms with Gasteiger partial charge in [-0.05, 0) is 38.1 Å². The quantitative estimate of drug-likeness (QED) is 0.783. The van der Waals surface area contributed by atoms with Gasteiger partial charge in [-0.2, -0.15) is 0 Å². The van der Waals surface area contributed by atoms with Gasteiger partial charge in [-0.3, -0.25) is 9.11 Å². The van der Waals surface area contributed by atoms with Gasteiger partial charge in [-0.1, -0.05) is 0 Å². The summed E-state index contributed by atoms with van der Waals surface area (Å²) in [5.41, 5.74) is 0. The number of hydrogen-bond donors (Lipinski definition) is 1. The number of nitrogens with zero attached hydrogens (tertiary/aromatic N) is 1. The van der Waals surface area contributed by atoms with Crippen LogP contribution in [0.5, 0.6) is 0 Å². The Bertz CT molecular complexity index is 270. The molecule has 1 aliphatic heterocycles. The maximum absolute atomic E-state index is 11.3. The Morgan fingerprint density at radius 1 is 1.12 bits per heavy atom. The minimum atomic E-state index is -0.525. The molecule has 3 aliphatic rings. The predicted octanol–water partition coefficient (Wildman–Crippen LogP) is 0.581. The van der Waals surface area contributed by atoms with Crippen molar-refractivity contribution in [3.63, 3.8) is 0 Å². The first kappa shape index (κ1) is 11.2. The molecule has 1 saturated heterocycles. The van der Waals surface area contributed by atoms with E-state index in [1.165, 1.54) is 32.2 Å². The van der Waals surface area contributed by atoms with Gasteiger partial charge in [0.25, 0.3) is 0 Å². The van der Waals surface area contributed by atoms with Gasteiger partial charge >= 0.3 is 0 Å². The molecule has 3 fully saturated rings. The Morgan fingerprint density at radius 2 is 1.88 bits per heavy atom. The maximum atomic E-state index is 11.3. The van der Waals surface area contributed by atoms with Crippen molar-refractivity contribution in [2.24, 2.45) is 5.92 Å². The van der Waals surface area contributed by atoms with E-state index in [0.717, 1.165) is 42.6 Å². The molecule has 0 aromatic carbocycles. The van der Waals surface area contributed by atoms with Gasteiger partial charge in [0.1, 0.15) is 0 Å². The van der Waals surface area contributed by atoms with Crippen LogP contribution in [-0.2, 0) is 10.8 Å². The van der Waals surface area contributed by atoms with E-state index in [1.807, 2.05) is 0 Å². The van der Waals surface area contributed by atoms with Crippen LogP contribution >= 0.6 is 0 Å². The molecule has 4 heteroatoms. The minimum Gasteiger partial charge on any atom is -0.314 e. The topological polar surface area (TPSA) is 32.3 Å². The van der Waals surface area contributed by atoms with Crippen LogP contribution in [0.15, 0.2) is 0 Å². The number of hydrogen-bond acceptors (Lipinski definition) is 3. The summed E-state index contributed by atoms with van der Waals surface area (Å²) >= 11 is 0. The molecule has 2 atom stereocenters. The van der Waals surface area contributed by atoms with Crippen molar-refractivity contribution in [3.8, 4) is 0 Å². The molecule has 0 aromatic heterocycles. The van der Waals surface area contributed by atoms with Crippen LogP contribution in [0.2, 0.25) is 0 Å². The highest BCUT2D eigenvalue weighted by molar-refractivity contribution is 7.85. The first-order chi connectivity index (χ1) is 7.83. The summed E-state index contributed by atoms with van der Waals surface area (Å²) < 4.78 is 11.3. The zero-order chi connectivity index (χ0) is 11.0. The first-order valence-corrected chi connectivity index (χ1v) is 8.14. The van der Waals surface area contributed by atoms with Gasteiger partial charge in [0.2, 0.25) is 0 Å². The van der Waals surface area contributed by atoms with Crippen LogP contribution in [0.4, 0.5) is 0 Å². The molecule has 0 radical (unpaired) electrons. The van der Waals surface area contributed by atoms with Crippen molar-refractivity contribution in [3.05, 3.63) is 0 Å². The molecule has 1 heterocycles. The highest BCUT2D eigenvalue weighted by atomic mass is 32.2. The average Bonchev–Trinajstić information content (AvgIpc) is 3.04. The van der Waals surface area contributed by atoms with E-state index in [2.05, 4.69) is 10.2 Å². The molecule has 0 bridgehead atoms. The van der Waals surface area contributed by atoms with E-state index in [-0.39, 0.29) is 0 Å². The third-order valence-corrected chi connectivity index (χ3v) is 5.58. The van der Waals surface area contributed by atoms with E-state index in [4.69, 9.17) is 0 Å². The fraction of sp³-hybridized carbons (Fsp3) is 1.00. The van der Waals surface area contributed by atoms with E-state index < -0.39 is 10.8 Å². The van der Waals surface area contributed by atoms with Gasteiger partial charge in [-0.15, -0.1) is 0 Å². The van der Waals surface area contributed by atoms with Crippen LogP contribution in [0.25, 0.3) is 0 Å². The molecule has 3 rings (SSSR count). The number of rotatable bonds is 4. The summed E-state index contributed by atoms with van der Waals surface area (Å²) in [5, 5.41) is 3.65. The van der Waals surface area contributed by atoms with Crippen LogP contribution in [0.1, 0.15) is 25.7 Å². The molecular weight excluding hydrogens is 220 g/mol. The van der Waals surface area contributed by atoms with Crippen molar-refractivity contribution in [2.75, 3.05) is 31.1 Å². The second-order valence-electron chi connectivity index (χ2n) is 5.47. The fourth-order valence-corrected chi connectivity index (χ4v) is 3.94. The summed E-state index contributed by atoms with van der Waals surface area (Å²) in [5.74, 6) is 2.67. The lowest BCUT2D eigenvalue weighted by atomic mass is 9.78.